The fourth-order valence-electron chi connectivity index (χ4n) is 1.63. The molecule has 1 aromatic carbocycles. The monoisotopic (exact) mass is 298 g/mol. The zero-order valence-electron chi connectivity index (χ0n) is 10.8. The van der Waals surface area contributed by atoms with E-state index < -0.39 is 0 Å². The Morgan fingerprint density at radius 3 is 2.47 bits per heavy atom. The molecular weight excluding hydrogens is 280 g/mol. The Kier molecular flexibility index (Phi) is 4.75. The van der Waals surface area contributed by atoms with Crippen LogP contribution in [0.25, 0.3) is 0 Å². The maximum Gasteiger partial charge on any atom is 0.152 e. The third-order valence-corrected chi connectivity index (χ3v) is 3.35. The van der Waals surface area contributed by atoms with E-state index >= 15 is 0 Å². The van der Waals surface area contributed by atoms with Crippen LogP contribution in [-0.4, -0.2) is 17.7 Å². The summed E-state index contributed by atoms with van der Waals surface area (Å²) in [5.74, 6) is 1.04. The van der Waals surface area contributed by atoms with Crippen molar-refractivity contribution in [3.05, 3.63) is 29.8 Å². The van der Waals surface area contributed by atoms with Gasteiger partial charge in [-0.3, -0.25) is 4.79 Å². The predicted molar refractivity (Wildman–Crippen MR) is 73.9 cm³/mol. The smallest absolute Gasteiger partial charge is 0.152 e. The first kappa shape index (κ1) is 14.2. The topological polar surface area (TPSA) is 26.3 Å². The van der Waals surface area contributed by atoms with Gasteiger partial charge < -0.3 is 4.74 Å². The van der Waals surface area contributed by atoms with Crippen LogP contribution in [0.15, 0.2) is 24.3 Å². The zero-order valence-corrected chi connectivity index (χ0v) is 12.4. The van der Waals surface area contributed by atoms with Crippen LogP contribution in [0.5, 0.6) is 5.75 Å². The lowest BCUT2D eigenvalue weighted by Gasteiger charge is -2.21. The van der Waals surface area contributed by atoms with Crippen LogP contribution in [-0.2, 0) is 11.2 Å². The summed E-state index contributed by atoms with van der Waals surface area (Å²) in [5.41, 5.74) is 0.727. The molecule has 2 nitrogen and oxygen atoms in total. The van der Waals surface area contributed by atoms with E-state index in [2.05, 4.69) is 15.9 Å². The van der Waals surface area contributed by atoms with Gasteiger partial charge in [0.05, 0.1) is 11.9 Å². The van der Waals surface area contributed by atoms with Crippen LogP contribution < -0.4 is 4.74 Å². The van der Waals surface area contributed by atoms with Crippen LogP contribution in [0.3, 0.4) is 0 Å². The van der Waals surface area contributed by atoms with Crippen LogP contribution in [0.1, 0.15) is 26.3 Å². The number of rotatable bonds is 4. The van der Waals surface area contributed by atoms with Crippen molar-refractivity contribution in [2.75, 3.05) is 7.11 Å². The Hall–Kier alpha value is -0.830. The summed E-state index contributed by atoms with van der Waals surface area (Å²) in [4.78, 5) is 11.9. The van der Waals surface area contributed by atoms with Gasteiger partial charge in [0.2, 0.25) is 0 Å². The van der Waals surface area contributed by atoms with Crippen molar-refractivity contribution in [1.82, 2.24) is 0 Å². The zero-order chi connectivity index (χ0) is 13.1. The van der Waals surface area contributed by atoms with E-state index in [9.17, 15) is 4.79 Å². The minimum Gasteiger partial charge on any atom is -0.496 e. The number of hydrogen-bond acceptors (Lipinski definition) is 2. The quantitative estimate of drug-likeness (QED) is 0.794. The number of ketones is 1. The Balaban J connectivity index is 2.81. The van der Waals surface area contributed by atoms with E-state index in [1.165, 1.54) is 0 Å². The van der Waals surface area contributed by atoms with E-state index in [1.54, 1.807) is 7.11 Å². The molecule has 0 N–H and O–H groups in total. The first-order valence-electron chi connectivity index (χ1n) is 5.66. The molecule has 0 amide bonds. The molecule has 0 aromatic heterocycles. The Labute approximate surface area is 111 Å². The molecule has 1 rings (SSSR count). The van der Waals surface area contributed by atoms with E-state index in [1.807, 2.05) is 45.0 Å². The van der Waals surface area contributed by atoms with Crippen molar-refractivity contribution >= 4 is 21.7 Å². The van der Waals surface area contributed by atoms with Gasteiger partial charge in [-0.2, -0.15) is 0 Å². The molecule has 0 fully saturated rings. The summed E-state index contributed by atoms with van der Waals surface area (Å²) in [5, 5.41) is 0. The second-order valence-corrected chi connectivity index (χ2v) is 6.20. The van der Waals surface area contributed by atoms with Gasteiger partial charge in [-0.15, -0.1) is 0 Å². The van der Waals surface area contributed by atoms with Crippen molar-refractivity contribution in [3.63, 3.8) is 0 Å². The number of halogens is 1. The number of para-hydroxylation sites is 1. The third kappa shape index (κ3) is 3.84. The molecule has 1 atom stereocenters. The van der Waals surface area contributed by atoms with E-state index in [0.29, 0.717) is 6.42 Å². The van der Waals surface area contributed by atoms with Gasteiger partial charge in [-0.1, -0.05) is 54.9 Å². The second kappa shape index (κ2) is 5.67. The second-order valence-electron chi connectivity index (χ2n) is 5.10. The number of hydrogen-bond donors (Lipinski definition) is 0. The summed E-state index contributed by atoms with van der Waals surface area (Å²) < 4.78 is 5.28. The molecule has 0 saturated heterocycles. The fourth-order valence-corrected chi connectivity index (χ4v) is 2.66. The van der Waals surface area contributed by atoms with Crippen LogP contribution in [0.4, 0.5) is 0 Å². The van der Waals surface area contributed by atoms with Gasteiger partial charge in [0.1, 0.15) is 5.75 Å². The standard InChI is InChI=1S/C14H19BrO2/c1-14(2,3)13(16)11(15)9-10-7-5-6-8-12(10)17-4/h5-8,11H,9H2,1-4H3. The number of alkyl halides is 1. The Morgan fingerprint density at radius 1 is 1.35 bits per heavy atom. The molecule has 0 aliphatic carbocycles. The summed E-state index contributed by atoms with van der Waals surface area (Å²) in [7, 11) is 1.65. The lowest BCUT2D eigenvalue weighted by atomic mass is 9.87. The minimum atomic E-state index is -0.323. The van der Waals surface area contributed by atoms with Crippen LogP contribution in [0.2, 0.25) is 0 Å². The Morgan fingerprint density at radius 2 is 1.94 bits per heavy atom. The Bertz CT molecular complexity index is 393. The highest BCUT2D eigenvalue weighted by Crippen LogP contribution is 2.26. The van der Waals surface area contributed by atoms with Gasteiger partial charge in [0.15, 0.2) is 5.78 Å². The molecular formula is C14H19BrO2. The van der Waals surface area contributed by atoms with Gasteiger partial charge in [-0.25, -0.2) is 0 Å². The van der Waals surface area contributed by atoms with Crippen molar-refractivity contribution in [2.45, 2.75) is 32.0 Å². The summed E-state index contributed by atoms with van der Waals surface area (Å²) >= 11 is 3.47. The number of ether oxygens (including phenoxy) is 1. The molecule has 0 aliphatic heterocycles. The SMILES string of the molecule is COc1ccccc1CC(Br)C(=O)C(C)(C)C. The molecule has 0 heterocycles. The lowest BCUT2D eigenvalue weighted by molar-refractivity contribution is -0.125. The molecule has 0 radical (unpaired) electrons. The van der Waals surface area contributed by atoms with Gasteiger partial charge in [0, 0.05) is 5.41 Å². The first-order valence-corrected chi connectivity index (χ1v) is 6.58. The number of methoxy groups -OCH3 is 1. The van der Waals surface area contributed by atoms with Crippen molar-refractivity contribution in [2.24, 2.45) is 5.41 Å². The maximum absolute atomic E-state index is 12.1. The molecule has 0 spiro atoms. The average Bonchev–Trinajstić information content (AvgIpc) is 2.27. The number of carbonyl (C=O) groups excluding carboxylic acids is 1. The molecule has 1 aromatic rings. The fraction of sp³-hybridized carbons (Fsp3) is 0.500. The van der Waals surface area contributed by atoms with Crippen LogP contribution in [0, 0.1) is 5.41 Å². The largest absolute Gasteiger partial charge is 0.496 e. The van der Waals surface area contributed by atoms with Gasteiger partial charge in [-0.05, 0) is 18.1 Å². The number of benzene rings is 1. The minimum absolute atomic E-state index is 0.168. The highest BCUT2D eigenvalue weighted by atomic mass is 79.9. The molecule has 17 heavy (non-hydrogen) atoms. The third-order valence-electron chi connectivity index (χ3n) is 2.62. The summed E-state index contributed by atoms with van der Waals surface area (Å²) in [6.07, 6.45) is 0.653. The summed E-state index contributed by atoms with van der Waals surface area (Å²) in [6.45, 7) is 5.81. The van der Waals surface area contributed by atoms with E-state index in [0.717, 1.165) is 11.3 Å². The maximum atomic E-state index is 12.1. The van der Waals surface area contributed by atoms with Crippen molar-refractivity contribution < 1.29 is 9.53 Å². The van der Waals surface area contributed by atoms with E-state index in [-0.39, 0.29) is 16.0 Å². The molecule has 3 heteroatoms. The normalized spacial score (nSPS) is 13.2. The summed E-state index contributed by atoms with van der Waals surface area (Å²) in [6, 6.07) is 7.79. The van der Waals surface area contributed by atoms with Gasteiger partial charge >= 0.3 is 0 Å². The van der Waals surface area contributed by atoms with Crippen molar-refractivity contribution in [1.29, 1.82) is 0 Å². The number of Topliss-reactive ketones (excluding diaryl/α,β-unsaturated/α-hetero) is 1. The first-order chi connectivity index (χ1) is 7.86. The highest BCUT2D eigenvalue weighted by molar-refractivity contribution is 9.10. The van der Waals surface area contributed by atoms with Crippen molar-refractivity contribution in [3.8, 4) is 5.75 Å². The van der Waals surface area contributed by atoms with E-state index in [4.69, 9.17) is 4.74 Å². The predicted octanol–water partition coefficient (Wildman–Crippen LogP) is 3.62. The molecule has 94 valence electrons. The van der Waals surface area contributed by atoms with Crippen LogP contribution >= 0.6 is 15.9 Å². The molecule has 1 unspecified atom stereocenters. The van der Waals surface area contributed by atoms with Gasteiger partial charge in [0.25, 0.3) is 0 Å². The molecule has 0 saturated carbocycles. The molecule has 0 bridgehead atoms. The number of carbonyl (C=O) groups is 1. The highest BCUT2D eigenvalue weighted by Gasteiger charge is 2.28. The molecule has 0 aliphatic rings. The average molecular weight is 299 g/mol. The lowest BCUT2D eigenvalue weighted by Crippen LogP contribution is -2.30.